The van der Waals surface area contributed by atoms with Crippen LogP contribution >= 0.6 is 0 Å². The quantitative estimate of drug-likeness (QED) is 0.896. The fourth-order valence-electron chi connectivity index (χ4n) is 2.67. The van der Waals surface area contributed by atoms with E-state index in [0.29, 0.717) is 24.3 Å². The summed E-state index contributed by atoms with van der Waals surface area (Å²) in [7, 11) is 1.66. The Hall–Kier alpha value is -2.21. The highest BCUT2D eigenvalue weighted by Crippen LogP contribution is 2.33. The number of halogens is 1. The topological polar surface area (TPSA) is 58.4 Å². The molecule has 5 nitrogen and oxygen atoms in total. The fourth-order valence-corrected chi connectivity index (χ4v) is 2.67. The van der Waals surface area contributed by atoms with E-state index in [4.69, 9.17) is 0 Å². The van der Waals surface area contributed by atoms with Crippen LogP contribution in [-0.2, 0) is 12.6 Å². The maximum absolute atomic E-state index is 13.0. The van der Waals surface area contributed by atoms with Gasteiger partial charge in [-0.25, -0.2) is 9.37 Å². The van der Waals surface area contributed by atoms with E-state index in [-0.39, 0.29) is 17.9 Å². The Morgan fingerprint density at radius 2 is 2.05 bits per heavy atom. The Morgan fingerprint density at radius 3 is 2.76 bits per heavy atom. The molecule has 110 valence electrons. The number of β-amino-alcohol motifs (C(OH)–C–C–N with tert-alkyl or cyclic N) is 1. The molecule has 0 bridgehead atoms. The highest BCUT2D eigenvalue weighted by Gasteiger charge is 2.39. The van der Waals surface area contributed by atoms with Crippen molar-refractivity contribution >= 4 is 5.82 Å². The number of aromatic nitrogens is 2. The Labute approximate surface area is 121 Å². The van der Waals surface area contributed by atoms with Crippen LogP contribution in [0.25, 0.3) is 0 Å². The molecule has 0 spiro atoms. The number of nitrogens with zero attached hydrogens (tertiary/aromatic N) is 3. The molecule has 2 heterocycles. The molecule has 1 saturated heterocycles. The van der Waals surface area contributed by atoms with Gasteiger partial charge in [0.2, 0.25) is 0 Å². The van der Waals surface area contributed by atoms with Crippen LogP contribution in [0.1, 0.15) is 12.0 Å². The van der Waals surface area contributed by atoms with Crippen LogP contribution in [0, 0.1) is 5.82 Å². The van der Waals surface area contributed by atoms with Crippen molar-refractivity contribution in [2.75, 3.05) is 18.0 Å². The molecule has 1 aromatic heterocycles. The van der Waals surface area contributed by atoms with Crippen LogP contribution in [0.4, 0.5) is 10.2 Å². The molecule has 0 amide bonds. The Morgan fingerprint density at radius 1 is 1.33 bits per heavy atom. The summed E-state index contributed by atoms with van der Waals surface area (Å²) in [4.78, 5) is 18.0. The number of hydrogen-bond acceptors (Lipinski definition) is 4. The molecule has 2 aromatic rings. The number of rotatable bonds is 2. The average Bonchev–Trinajstić information content (AvgIpc) is 2.86. The van der Waals surface area contributed by atoms with Crippen molar-refractivity contribution in [3.05, 3.63) is 58.4 Å². The van der Waals surface area contributed by atoms with Crippen molar-refractivity contribution in [1.29, 1.82) is 0 Å². The van der Waals surface area contributed by atoms with Gasteiger partial charge in [-0.3, -0.25) is 4.79 Å². The van der Waals surface area contributed by atoms with Crippen molar-refractivity contribution in [2.45, 2.75) is 12.0 Å². The minimum atomic E-state index is -1.09. The van der Waals surface area contributed by atoms with Gasteiger partial charge >= 0.3 is 0 Å². The fraction of sp³-hybridized carbons (Fsp3) is 0.333. The number of aryl methyl sites for hydroxylation is 1. The van der Waals surface area contributed by atoms with Gasteiger partial charge in [0.15, 0.2) is 5.82 Å². The summed E-state index contributed by atoms with van der Waals surface area (Å²) in [5, 5.41) is 10.7. The molecule has 1 unspecified atom stereocenters. The molecule has 0 aliphatic carbocycles. The third-order valence-corrected chi connectivity index (χ3v) is 3.93. The minimum absolute atomic E-state index is 0.194. The molecule has 21 heavy (non-hydrogen) atoms. The van der Waals surface area contributed by atoms with Gasteiger partial charge in [-0.15, -0.1) is 0 Å². The third-order valence-electron chi connectivity index (χ3n) is 3.93. The van der Waals surface area contributed by atoms with E-state index in [0.717, 1.165) is 0 Å². The summed E-state index contributed by atoms with van der Waals surface area (Å²) < 4.78 is 14.4. The highest BCUT2D eigenvalue weighted by atomic mass is 19.1. The van der Waals surface area contributed by atoms with E-state index in [1.807, 2.05) is 0 Å². The molecule has 0 radical (unpaired) electrons. The Kier molecular flexibility index (Phi) is 3.25. The lowest BCUT2D eigenvalue weighted by Crippen LogP contribution is -2.35. The lowest BCUT2D eigenvalue weighted by molar-refractivity contribution is 0.0605. The molecule has 1 aromatic carbocycles. The first-order valence-corrected chi connectivity index (χ1v) is 6.75. The first-order valence-electron chi connectivity index (χ1n) is 6.75. The summed E-state index contributed by atoms with van der Waals surface area (Å²) in [6.07, 6.45) is 3.62. The molecular formula is C15H16FN3O2. The largest absolute Gasteiger partial charge is 0.383 e. The van der Waals surface area contributed by atoms with Crippen molar-refractivity contribution in [3.63, 3.8) is 0 Å². The summed E-state index contributed by atoms with van der Waals surface area (Å²) in [5.41, 5.74) is -0.629. The second-order valence-corrected chi connectivity index (χ2v) is 5.38. The maximum atomic E-state index is 13.0. The Balaban J connectivity index is 1.89. The maximum Gasteiger partial charge on any atom is 0.293 e. The van der Waals surface area contributed by atoms with E-state index in [1.54, 1.807) is 36.5 Å². The van der Waals surface area contributed by atoms with Crippen molar-refractivity contribution in [2.24, 2.45) is 7.05 Å². The molecule has 0 saturated carbocycles. The van der Waals surface area contributed by atoms with Gasteiger partial charge in [0.05, 0.1) is 6.54 Å². The highest BCUT2D eigenvalue weighted by molar-refractivity contribution is 5.40. The van der Waals surface area contributed by atoms with E-state index in [9.17, 15) is 14.3 Å². The number of anilines is 1. The summed E-state index contributed by atoms with van der Waals surface area (Å²) in [5.74, 6) is -0.00571. The summed E-state index contributed by atoms with van der Waals surface area (Å²) >= 11 is 0. The van der Waals surface area contributed by atoms with Gasteiger partial charge in [0, 0.05) is 26.0 Å². The SMILES string of the molecule is Cn1ccnc(N2CCC(O)(c3ccc(F)cc3)C2)c1=O. The van der Waals surface area contributed by atoms with E-state index in [1.165, 1.54) is 16.7 Å². The summed E-state index contributed by atoms with van der Waals surface area (Å²) in [6.45, 7) is 0.797. The molecule has 1 atom stereocenters. The molecule has 3 rings (SSSR count). The van der Waals surface area contributed by atoms with Gasteiger partial charge in [-0.2, -0.15) is 0 Å². The molecule has 1 N–H and O–H groups in total. The molecule has 1 fully saturated rings. The predicted octanol–water partition coefficient (Wildman–Crippen LogP) is 1.02. The monoisotopic (exact) mass is 289 g/mol. The minimum Gasteiger partial charge on any atom is -0.383 e. The lowest BCUT2D eigenvalue weighted by atomic mass is 9.93. The number of benzene rings is 1. The van der Waals surface area contributed by atoms with Crippen LogP contribution in [0.15, 0.2) is 41.5 Å². The van der Waals surface area contributed by atoms with Gasteiger partial charge in [0.1, 0.15) is 11.4 Å². The molecular weight excluding hydrogens is 273 g/mol. The van der Waals surface area contributed by atoms with E-state index in [2.05, 4.69) is 4.98 Å². The summed E-state index contributed by atoms with van der Waals surface area (Å²) in [6, 6.07) is 5.82. The van der Waals surface area contributed by atoms with Crippen molar-refractivity contribution in [3.8, 4) is 0 Å². The van der Waals surface area contributed by atoms with Gasteiger partial charge < -0.3 is 14.6 Å². The predicted molar refractivity (Wildman–Crippen MR) is 76.6 cm³/mol. The zero-order valence-electron chi connectivity index (χ0n) is 11.7. The first-order chi connectivity index (χ1) is 9.99. The molecule has 1 aliphatic rings. The van der Waals surface area contributed by atoms with Crippen LogP contribution in [0.5, 0.6) is 0 Å². The standard InChI is InChI=1S/C15H16FN3O2/c1-18-9-7-17-13(14(18)20)19-8-6-15(21,10-19)11-2-4-12(16)5-3-11/h2-5,7,9,21H,6,8,10H2,1H3. The number of hydrogen-bond donors (Lipinski definition) is 1. The van der Waals surface area contributed by atoms with Crippen LogP contribution < -0.4 is 10.5 Å². The zero-order chi connectivity index (χ0) is 15.0. The smallest absolute Gasteiger partial charge is 0.293 e. The normalized spacial score (nSPS) is 21.8. The van der Waals surface area contributed by atoms with Crippen LogP contribution in [0.2, 0.25) is 0 Å². The number of aliphatic hydroxyl groups is 1. The van der Waals surface area contributed by atoms with Gasteiger partial charge in [-0.05, 0) is 24.1 Å². The molecule has 6 heteroatoms. The first kappa shape index (κ1) is 13.8. The van der Waals surface area contributed by atoms with Gasteiger partial charge in [0.25, 0.3) is 5.56 Å². The van der Waals surface area contributed by atoms with E-state index >= 15 is 0 Å². The average molecular weight is 289 g/mol. The lowest BCUT2D eigenvalue weighted by Gasteiger charge is -2.24. The zero-order valence-corrected chi connectivity index (χ0v) is 11.7. The van der Waals surface area contributed by atoms with E-state index < -0.39 is 5.60 Å². The third kappa shape index (κ3) is 2.42. The van der Waals surface area contributed by atoms with Crippen molar-refractivity contribution < 1.29 is 9.50 Å². The van der Waals surface area contributed by atoms with Crippen molar-refractivity contribution in [1.82, 2.24) is 9.55 Å². The second kappa shape index (κ2) is 4.96. The van der Waals surface area contributed by atoms with Crippen LogP contribution in [-0.4, -0.2) is 27.7 Å². The van der Waals surface area contributed by atoms with Crippen LogP contribution in [0.3, 0.4) is 0 Å². The molecule has 1 aliphatic heterocycles. The second-order valence-electron chi connectivity index (χ2n) is 5.38. The van der Waals surface area contributed by atoms with Gasteiger partial charge in [-0.1, -0.05) is 12.1 Å². The Bertz CT molecular complexity index is 714.